The molecule has 4 N–H and O–H groups in total. The summed E-state index contributed by atoms with van der Waals surface area (Å²) in [6, 6.07) is 0. The summed E-state index contributed by atoms with van der Waals surface area (Å²) in [5.74, 6) is -4.73. The molecule has 1 aliphatic heterocycles. The number of likely N-dealkylation sites (tertiary alicyclic amines) is 1. The van der Waals surface area contributed by atoms with E-state index < -0.39 is 29.3 Å². The van der Waals surface area contributed by atoms with E-state index >= 15 is 0 Å². The number of hydrogen-bond acceptors (Lipinski definition) is 4. The highest BCUT2D eigenvalue weighted by Gasteiger charge is 2.41. The van der Waals surface area contributed by atoms with Crippen LogP contribution < -0.4 is 5.73 Å². The first-order valence-electron chi connectivity index (χ1n) is 5.68. The Balaban J connectivity index is 2.84. The Labute approximate surface area is 105 Å². The summed E-state index contributed by atoms with van der Waals surface area (Å²) in [4.78, 5) is 35.3. The minimum Gasteiger partial charge on any atom is -0.481 e. The summed E-state index contributed by atoms with van der Waals surface area (Å²) >= 11 is 0. The average Bonchev–Trinajstić information content (AvgIpc) is 2.25. The van der Waals surface area contributed by atoms with Gasteiger partial charge in [-0.2, -0.15) is 0 Å². The van der Waals surface area contributed by atoms with Gasteiger partial charge in [0.05, 0.1) is 17.4 Å². The number of nitrogens with two attached hydrogens (primary N) is 1. The van der Waals surface area contributed by atoms with Crippen LogP contribution in [0.25, 0.3) is 0 Å². The van der Waals surface area contributed by atoms with Crippen LogP contribution in [-0.2, 0) is 14.4 Å². The lowest BCUT2D eigenvalue weighted by Crippen LogP contribution is -2.56. The van der Waals surface area contributed by atoms with Crippen LogP contribution in [0.5, 0.6) is 0 Å². The third-order valence-corrected chi connectivity index (χ3v) is 3.09. The number of carboxylic acid groups (broad SMARTS) is 2. The fourth-order valence-electron chi connectivity index (χ4n) is 2.09. The molecule has 7 heteroatoms. The molecule has 18 heavy (non-hydrogen) atoms. The number of carboxylic acids is 2. The van der Waals surface area contributed by atoms with Gasteiger partial charge in [0, 0.05) is 13.1 Å². The van der Waals surface area contributed by atoms with Crippen molar-refractivity contribution in [3.63, 3.8) is 0 Å². The lowest BCUT2D eigenvalue weighted by Gasteiger charge is -2.37. The van der Waals surface area contributed by atoms with Crippen LogP contribution in [0, 0.1) is 11.8 Å². The monoisotopic (exact) mass is 258 g/mol. The quantitative estimate of drug-likeness (QED) is 0.619. The Kier molecular flexibility index (Phi) is 3.95. The standard InChI is InChI=1S/C11H18N2O5/c1-11(2,12)10(18)13-4-3-6(8(14)15)7(5-13)9(16)17/h6-7H,3-5,12H2,1-2H3,(H,14,15)(H,16,17). The largest absolute Gasteiger partial charge is 0.481 e. The topological polar surface area (TPSA) is 121 Å². The molecule has 7 nitrogen and oxygen atoms in total. The number of aliphatic carboxylic acids is 2. The van der Waals surface area contributed by atoms with Gasteiger partial charge >= 0.3 is 11.9 Å². The van der Waals surface area contributed by atoms with Crippen molar-refractivity contribution in [1.82, 2.24) is 4.90 Å². The van der Waals surface area contributed by atoms with Crippen LogP contribution in [0.1, 0.15) is 20.3 Å². The van der Waals surface area contributed by atoms with Crippen LogP contribution in [0.2, 0.25) is 0 Å². The minimum absolute atomic E-state index is 0.105. The first kappa shape index (κ1) is 14.4. The second kappa shape index (κ2) is 4.93. The lowest BCUT2D eigenvalue weighted by atomic mass is 9.85. The zero-order valence-corrected chi connectivity index (χ0v) is 10.4. The molecule has 1 saturated heterocycles. The molecule has 0 aromatic rings. The molecular weight excluding hydrogens is 240 g/mol. The van der Waals surface area contributed by atoms with Crippen molar-refractivity contribution >= 4 is 17.8 Å². The molecule has 2 unspecified atom stereocenters. The normalized spacial score (nSPS) is 24.7. The third-order valence-electron chi connectivity index (χ3n) is 3.09. The van der Waals surface area contributed by atoms with Gasteiger partial charge < -0.3 is 20.8 Å². The zero-order valence-electron chi connectivity index (χ0n) is 10.4. The van der Waals surface area contributed by atoms with Crippen molar-refractivity contribution in [3.05, 3.63) is 0 Å². The molecule has 0 bridgehead atoms. The van der Waals surface area contributed by atoms with E-state index in [4.69, 9.17) is 15.9 Å². The van der Waals surface area contributed by atoms with Gasteiger partial charge in [0.25, 0.3) is 0 Å². The van der Waals surface area contributed by atoms with Gasteiger partial charge in [-0.25, -0.2) is 0 Å². The van der Waals surface area contributed by atoms with Gasteiger partial charge in [0.2, 0.25) is 5.91 Å². The zero-order chi connectivity index (χ0) is 14.1. The highest BCUT2D eigenvalue weighted by molar-refractivity contribution is 5.87. The van der Waals surface area contributed by atoms with Gasteiger partial charge in [-0.1, -0.05) is 0 Å². The van der Waals surface area contributed by atoms with Crippen LogP contribution in [0.4, 0.5) is 0 Å². The molecule has 0 spiro atoms. The maximum Gasteiger partial charge on any atom is 0.309 e. The molecule has 1 fully saturated rings. The van der Waals surface area contributed by atoms with Gasteiger partial charge in [-0.3, -0.25) is 14.4 Å². The van der Waals surface area contributed by atoms with E-state index in [1.807, 2.05) is 0 Å². The molecule has 0 aromatic heterocycles. The Morgan fingerprint density at radius 1 is 1.17 bits per heavy atom. The summed E-state index contributed by atoms with van der Waals surface area (Å²) in [5, 5.41) is 18.0. The van der Waals surface area contributed by atoms with E-state index in [0.717, 1.165) is 0 Å². The Hall–Kier alpha value is -1.63. The second-order valence-electron chi connectivity index (χ2n) is 5.15. The van der Waals surface area contributed by atoms with Crippen LogP contribution in [0.3, 0.4) is 0 Å². The van der Waals surface area contributed by atoms with Crippen LogP contribution in [0.15, 0.2) is 0 Å². The molecule has 0 radical (unpaired) electrons. The van der Waals surface area contributed by atoms with Crippen molar-refractivity contribution in [2.45, 2.75) is 25.8 Å². The smallest absolute Gasteiger partial charge is 0.309 e. The highest BCUT2D eigenvalue weighted by Crippen LogP contribution is 2.25. The summed E-state index contributed by atoms with van der Waals surface area (Å²) in [7, 11) is 0. The van der Waals surface area contributed by atoms with Gasteiger partial charge in [0.15, 0.2) is 0 Å². The van der Waals surface area contributed by atoms with Crippen molar-refractivity contribution in [2.75, 3.05) is 13.1 Å². The summed E-state index contributed by atoms with van der Waals surface area (Å²) in [6.07, 6.45) is 0.133. The maximum atomic E-state index is 11.9. The summed E-state index contributed by atoms with van der Waals surface area (Å²) in [6.45, 7) is 3.19. The maximum absolute atomic E-state index is 11.9. The molecule has 0 aliphatic carbocycles. The summed E-state index contributed by atoms with van der Waals surface area (Å²) < 4.78 is 0. The molecule has 1 rings (SSSR count). The fourth-order valence-corrected chi connectivity index (χ4v) is 2.09. The predicted octanol–water partition coefficient (Wildman–Crippen LogP) is -0.642. The summed E-state index contributed by atoms with van der Waals surface area (Å²) in [5.41, 5.74) is 4.59. The SMILES string of the molecule is CC(C)(N)C(=O)N1CCC(C(=O)O)C(C(=O)O)C1. The third kappa shape index (κ3) is 2.98. The number of piperidine rings is 1. The molecule has 1 aliphatic rings. The highest BCUT2D eigenvalue weighted by atomic mass is 16.4. The molecule has 1 heterocycles. The first-order valence-corrected chi connectivity index (χ1v) is 5.68. The molecule has 0 aromatic carbocycles. The first-order chi connectivity index (χ1) is 8.14. The minimum atomic E-state index is -1.20. The Bertz CT molecular complexity index is 374. The number of amides is 1. The molecule has 102 valence electrons. The number of nitrogens with zero attached hydrogens (tertiary/aromatic N) is 1. The average molecular weight is 258 g/mol. The van der Waals surface area contributed by atoms with Crippen molar-refractivity contribution in [2.24, 2.45) is 17.6 Å². The van der Waals surface area contributed by atoms with Crippen molar-refractivity contribution < 1.29 is 24.6 Å². The van der Waals surface area contributed by atoms with Crippen molar-refractivity contribution in [1.29, 1.82) is 0 Å². The Morgan fingerprint density at radius 2 is 1.67 bits per heavy atom. The van der Waals surface area contributed by atoms with E-state index in [2.05, 4.69) is 0 Å². The fraction of sp³-hybridized carbons (Fsp3) is 0.727. The Morgan fingerprint density at radius 3 is 2.06 bits per heavy atom. The number of carbonyl (C=O) groups is 3. The molecule has 2 atom stereocenters. The predicted molar refractivity (Wildman–Crippen MR) is 61.7 cm³/mol. The van der Waals surface area contributed by atoms with Gasteiger partial charge in [-0.05, 0) is 20.3 Å². The number of carbonyl (C=O) groups excluding carboxylic acids is 1. The van der Waals surface area contributed by atoms with Crippen LogP contribution >= 0.6 is 0 Å². The van der Waals surface area contributed by atoms with E-state index in [-0.39, 0.29) is 25.4 Å². The van der Waals surface area contributed by atoms with Crippen molar-refractivity contribution in [3.8, 4) is 0 Å². The van der Waals surface area contributed by atoms with Gasteiger partial charge in [0.1, 0.15) is 0 Å². The van der Waals surface area contributed by atoms with E-state index in [0.29, 0.717) is 0 Å². The number of rotatable bonds is 3. The number of hydrogen-bond donors (Lipinski definition) is 3. The molecule has 1 amide bonds. The van der Waals surface area contributed by atoms with Gasteiger partial charge in [-0.15, -0.1) is 0 Å². The molecule has 0 saturated carbocycles. The van der Waals surface area contributed by atoms with E-state index in [1.54, 1.807) is 0 Å². The van der Waals surface area contributed by atoms with Crippen LogP contribution in [-0.4, -0.2) is 51.6 Å². The van der Waals surface area contributed by atoms with E-state index in [1.165, 1.54) is 18.7 Å². The van der Waals surface area contributed by atoms with E-state index in [9.17, 15) is 14.4 Å². The second-order valence-corrected chi connectivity index (χ2v) is 5.15. The lowest BCUT2D eigenvalue weighted by molar-refractivity contribution is -0.159. The molecular formula is C11H18N2O5.